The van der Waals surface area contributed by atoms with Crippen LogP contribution in [0.4, 0.5) is 0 Å². The molecule has 0 fully saturated rings. The molecule has 0 N–H and O–H groups in total. The third-order valence-corrected chi connectivity index (χ3v) is 13.6. The van der Waals surface area contributed by atoms with Crippen molar-refractivity contribution in [2.75, 3.05) is 0 Å². The first-order valence-corrected chi connectivity index (χ1v) is 16.0. The van der Waals surface area contributed by atoms with Gasteiger partial charge in [0.2, 0.25) is 0 Å². The van der Waals surface area contributed by atoms with Crippen LogP contribution in [0.25, 0.3) is 11.1 Å². The lowest BCUT2D eigenvalue weighted by Gasteiger charge is -2.31. The molecular weight excluding hydrogens is 356 g/mol. The van der Waals surface area contributed by atoms with Gasteiger partial charge in [-0.1, -0.05) is 66.0 Å². The number of hydrogen-bond acceptors (Lipinski definition) is 2. The average Bonchev–Trinajstić information content (AvgIpc) is 2.62. The van der Waals surface area contributed by atoms with Crippen molar-refractivity contribution in [2.45, 2.75) is 26.2 Å². The fourth-order valence-electron chi connectivity index (χ4n) is 2.27. The predicted molar refractivity (Wildman–Crippen MR) is 116 cm³/mol. The fourth-order valence-corrected chi connectivity index (χ4v) is 9.68. The second-order valence-electron chi connectivity index (χ2n) is 7.17. The first-order chi connectivity index (χ1) is 11.8. The maximum absolute atomic E-state index is 6.48. The molecule has 0 atom stereocenters. The molecule has 5 heteroatoms. The van der Waals surface area contributed by atoms with E-state index in [2.05, 4.69) is 87.9 Å². The van der Waals surface area contributed by atoms with Crippen LogP contribution >= 0.6 is 0 Å². The van der Waals surface area contributed by atoms with Gasteiger partial charge in [-0.3, -0.25) is 0 Å². The van der Waals surface area contributed by atoms with Crippen molar-refractivity contribution >= 4 is 31.1 Å². The summed E-state index contributed by atoms with van der Waals surface area (Å²) in [6.45, 7) is 16.5. The van der Waals surface area contributed by atoms with Crippen LogP contribution in [-0.2, 0) is 8.23 Å². The summed E-state index contributed by atoms with van der Waals surface area (Å²) in [4.78, 5) is 0. The molecule has 0 amide bonds. The molecule has 0 aliphatic rings. The highest BCUT2D eigenvalue weighted by atomic mass is 28.4. The minimum absolute atomic E-state index is 1.17. The highest BCUT2D eigenvalue weighted by Crippen LogP contribution is 2.19. The van der Waals surface area contributed by atoms with Crippen molar-refractivity contribution in [3.05, 3.63) is 79.2 Å². The number of benzene rings is 2. The highest BCUT2D eigenvalue weighted by molar-refractivity contribution is 6.88. The Morgan fingerprint density at radius 3 is 1.60 bits per heavy atom. The molecule has 0 unspecified atom stereocenters. The van der Waals surface area contributed by atoms with E-state index in [4.69, 9.17) is 8.23 Å². The van der Waals surface area contributed by atoms with Crippen LogP contribution in [0, 0.1) is 0 Å². The molecule has 0 aromatic heterocycles. The van der Waals surface area contributed by atoms with Gasteiger partial charge in [-0.25, -0.2) is 0 Å². The Bertz CT molecular complexity index is 687. The van der Waals surface area contributed by atoms with Gasteiger partial charge in [0.05, 0.1) is 0 Å². The second kappa shape index (κ2) is 8.25. The third kappa shape index (κ3) is 5.76. The van der Waals surface area contributed by atoms with E-state index in [1.807, 2.05) is 17.5 Å². The quantitative estimate of drug-likeness (QED) is 0.616. The normalized spacial score (nSPS) is 12.2. The molecule has 0 spiro atoms. The maximum atomic E-state index is 6.48. The van der Waals surface area contributed by atoms with E-state index < -0.39 is 25.9 Å². The van der Waals surface area contributed by atoms with Gasteiger partial charge in [0.25, 0.3) is 0 Å². The van der Waals surface area contributed by atoms with E-state index in [9.17, 15) is 0 Å². The molecule has 25 heavy (non-hydrogen) atoms. The summed E-state index contributed by atoms with van der Waals surface area (Å²) < 4.78 is 13.0. The Labute approximate surface area is 155 Å². The summed E-state index contributed by atoms with van der Waals surface area (Å²) in [5.74, 6) is 0. The lowest BCUT2D eigenvalue weighted by atomic mass is 10.1. The zero-order valence-corrected chi connectivity index (χ0v) is 18.8. The standard InChI is InChI=1S/C20H28O2Si3/c1-7-24(3,4)21-23(22-25(5,6)8-2)20-16-14-19(15-17-20)18-12-10-9-11-13-18/h7-17,23H,1-2H2,3-6H3. The van der Waals surface area contributed by atoms with Crippen molar-refractivity contribution in [3.63, 3.8) is 0 Å². The van der Waals surface area contributed by atoms with Crippen molar-refractivity contribution in [1.29, 1.82) is 0 Å². The summed E-state index contributed by atoms with van der Waals surface area (Å²) >= 11 is 0. The molecule has 2 aromatic rings. The van der Waals surface area contributed by atoms with Gasteiger partial charge in [0, 0.05) is 0 Å². The number of hydrogen-bond donors (Lipinski definition) is 0. The molecule has 0 saturated carbocycles. The Hall–Kier alpha value is -1.51. The summed E-state index contributed by atoms with van der Waals surface area (Å²) in [6, 6.07) is 19.0. The van der Waals surface area contributed by atoms with Gasteiger partial charge in [0.1, 0.15) is 0 Å². The van der Waals surface area contributed by atoms with Gasteiger partial charge in [-0.15, -0.1) is 13.2 Å². The molecule has 2 aromatic carbocycles. The molecule has 2 rings (SSSR count). The molecule has 0 saturated heterocycles. The zero-order valence-electron chi connectivity index (χ0n) is 15.7. The van der Waals surface area contributed by atoms with E-state index in [0.717, 1.165) is 0 Å². The van der Waals surface area contributed by atoms with Crippen LogP contribution in [0.3, 0.4) is 0 Å². The first kappa shape index (κ1) is 19.8. The van der Waals surface area contributed by atoms with E-state index in [-0.39, 0.29) is 0 Å². The second-order valence-corrected chi connectivity index (χ2v) is 17.6. The van der Waals surface area contributed by atoms with Gasteiger partial charge >= 0.3 is 9.28 Å². The van der Waals surface area contributed by atoms with Gasteiger partial charge in [-0.2, -0.15) is 0 Å². The Balaban J connectivity index is 2.30. The van der Waals surface area contributed by atoms with E-state index in [1.165, 1.54) is 16.3 Å². The molecular formula is C20H28O2Si3. The van der Waals surface area contributed by atoms with Crippen LogP contribution in [0.1, 0.15) is 0 Å². The summed E-state index contributed by atoms with van der Waals surface area (Å²) in [5, 5.41) is 1.17. The van der Waals surface area contributed by atoms with Crippen molar-refractivity contribution in [3.8, 4) is 11.1 Å². The average molecular weight is 385 g/mol. The van der Waals surface area contributed by atoms with Crippen LogP contribution in [0.15, 0.2) is 79.2 Å². The van der Waals surface area contributed by atoms with E-state index in [1.54, 1.807) is 0 Å². The Morgan fingerprint density at radius 1 is 0.720 bits per heavy atom. The first-order valence-electron chi connectivity index (χ1n) is 8.54. The smallest absolute Gasteiger partial charge is 0.335 e. The molecule has 0 aliphatic carbocycles. The highest BCUT2D eigenvalue weighted by Gasteiger charge is 2.32. The Kier molecular flexibility index (Phi) is 6.53. The van der Waals surface area contributed by atoms with Crippen molar-refractivity contribution in [1.82, 2.24) is 0 Å². The molecule has 132 valence electrons. The monoisotopic (exact) mass is 384 g/mol. The summed E-state index contributed by atoms with van der Waals surface area (Å²) in [7, 11) is -5.86. The van der Waals surface area contributed by atoms with Gasteiger partial charge in [-0.05, 0) is 42.5 Å². The largest absolute Gasteiger partial charge is 0.432 e. The van der Waals surface area contributed by atoms with Crippen molar-refractivity contribution in [2.24, 2.45) is 0 Å². The molecule has 0 aliphatic heterocycles. The van der Waals surface area contributed by atoms with E-state index in [0.29, 0.717) is 0 Å². The molecule has 0 heterocycles. The molecule has 0 radical (unpaired) electrons. The van der Waals surface area contributed by atoms with Crippen LogP contribution in [-0.4, -0.2) is 25.9 Å². The Morgan fingerprint density at radius 2 is 1.16 bits per heavy atom. The van der Waals surface area contributed by atoms with E-state index >= 15 is 0 Å². The summed E-state index contributed by atoms with van der Waals surface area (Å²) in [5.41, 5.74) is 6.36. The molecule has 2 nitrogen and oxygen atoms in total. The predicted octanol–water partition coefficient (Wildman–Crippen LogP) is 4.67. The van der Waals surface area contributed by atoms with Crippen LogP contribution in [0.2, 0.25) is 26.2 Å². The van der Waals surface area contributed by atoms with Gasteiger partial charge < -0.3 is 8.23 Å². The number of rotatable bonds is 8. The van der Waals surface area contributed by atoms with Crippen LogP contribution < -0.4 is 5.19 Å². The minimum atomic E-state index is -2.01. The van der Waals surface area contributed by atoms with Crippen LogP contribution in [0.5, 0.6) is 0 Å². The minimum Gasteiger partial charge on any atom is -0.432 e. The lowest BCUT2D eigenvalue weighted by Crippen LogP contribution is -2.50. The topological polar surface area (TPSA) is 18.5 Å². The molecule has 0 bridgehead atoms. The lowest BCUT2D eigenvalue weighted by molar-refractivity contribution is 0.441. The van der Waals surface area contributed by atoms with Gasteiger partial charge in [0.15, 0.2) is 16.6 Å². The fraction of sp³-hybridized carbons (Fsp3) is 0.200. The third-order valence-electron chi connectivity index (χ3n) is 4.09. The SMILES string of the molecule is C=C[Si](C)(C)O[SiH](O[Si](C)(C)C=C)c1ccc(-c2ccccc2)cc1. The maximum Gasteiger partial charge on any atom is 0.335 e. The summed E-state index contributed by atoms with van der Waals surface area (Å²) in [6.07, 6.45) is 0. The zero-order chi connectivity index (χ0) is 18.5. The van der Waals surface area contributed by atoms with Crippen molar-refractivity contribution < 1.29 is 8.23 Å².